The molecule has 0 aliphatic carbocycles. The van der Waals surface area contributed by atoms with Crippen molar-refractivity contribution < 1.29 is 4.79 Å². The fourth-order valence-electron chi connectivity index (χ4n) is 2.04. The standard InChI is InChI=1S/C14H24N2O/c1-4-5-6-7-8-9-10-14(17)16-13(3)11-12(2)15-16/h11H,4-10H2,1-3H3. The van der Waals surface area contributed by atoms with E-state index < -0.39 is 0 Å². The number of carbonyl (C=O) groups is 1. The van der Waals surface area contributed by atoms with Gasteiger partial charge in [0.15, 0.2) is 0 Å². The number of aryl methyl sites for hydroxylation is 2. The van der Waals surface area contributed by atoms with Crippen LogP contribution in [0.5, 0.6) is 0 Å². The van der Waals surface area contributed by atoms with Crippen LogP contribution in [0.4, 0.5) is 0 Å². The van der Waals surface area contributed by atoms with Crippen molar-refractivity contribution in [2.24, 2.45) is 0 Å². The van der Waals surface area contributed by atoms with Crippen LogP contribution in [-0.4, -0.2) is 15.7 Å². The number of rotatable bonds is 7. The number of hydrogen-bond donors (Lipinski definition) is 0. The van der Waals surface area contributed by atoms with Crippen LogP contribution in [0.1, 0.15) is 68.1 Å². The molecular formula is C14H24N2O. The lowest BCUT2D eigenvalue weighted by atomic mass is 10.1. The number of nitrogens with zero attached hydrogens (tertiary/aromatic N) is 2. The van der Waals surface area contributed by atoms with Gasteiger partial charge in [-0.2, -0.15) is 5.10 Å². The van der Waals surface area contributed by atoms with Gasteiger partial charge in [-0.1, -0.05) is 39.0 Å². The van der Waals surface area contributed by atoms with Crippen LogP contribution in [0.2, 0.25) is 0 Å². The van der Waals surface area contributed by atoms with Crippen LogP contribution < -0.4 is 0 Å². The van der Waals surface area contributed by atoms with E-state index in [2.05, 4.69) is 12.0 Å². The molecule has 1 aromatic heterocycles. The summed E-state index contributed by atoms with van der Waals surface area (Å²) in [6.45, 7) is 6.06. The molecule has 3 heteroatoms. The number of hydrogen-bond acceptors (Lipinski definition) is 2. The molecule has 0 atom stereocenters. The van der Waals surface area contributed by atoms with Crippen molar-refractivity contribution in [3.63, 3.8) is 0 Å². The lowest BCUT2D eigenvalue weighted by Gasteiger charge is -2.03. The lowest BCUT2D eigenvalue weighted by molar-refractivity contribution is 0.0880. The molecule has 1 rings (SSSR count). The SMILES string of the molecule is CCCCCCCCC(=O)n1nc(C)cc1C. The summed E-state index contributed by atoms with van der Waals surface area (Å²) in [4.78, 5) is 11.9. The van der Waals surface area contributed by atoms with E-state index in [-0.39, 0.29) is 5.91 Å². The van der Waals surface area contributed by atoms with E-state index in [4.69, 9.17) is 0 Å². The van der Waals surface area contributed by atoms with Crippen LogP contribution in [0.15, 0.2) is 6.07 Å². The summed E-state index contributed by atoms with van der Waals surface area (Å²) in [6.07, 6.45) is 7.89. The average molecular weight is 236 g/mol. The molecule has 0 aliphatic rings. The maximum atomic E-state index is 11.9. The second-order valence-electron chi connectivity index (χ2n) is 4.75. The van der Waals surface area contributed by atoms with Crippen molar-refractivity contribution in [2.45, 2.75) is 65.7 Å². The molecule has 0 aliphatic heterocycles. The third-order valence-electron chi connectivity index (χ3n) is 2.99. The largest absolute Gasteiger partial charge is 0.273 e. The lowest BCUT2D eigenvalue weighted by Crippen LogP contribution is -2.13. The smallest absolute Gasteiger partial charge is 0.247 e. The molecule has 0 N–H and O–H groups in total. The van der Waals surface area contributed by atoms with Crippen molar-refractivity contribution in [1.29, 1.82) is 0 Å². The quantitative estimate of drug-likeness (QED) is 0.673. The summed E-state index contributed by atoms with van der Waals surface area (Å²) in [5.41, 5.74) is 1.86. The summed E-state index contributed by atoms with van der Waals surface area (Å²) in [5, 5.41) is 4.21. The molecule has 1 heterocycles. The van der Waals surface area contributed by atoms with E-state index >= 15 is 0 Å². The van der Waals surface area contributed by atoms with E-state index in [0.29, 0.717) is 6.42 Å². The first-order valence-electron chi connectivity index (χ1n) is 6.71. The molecule has 0 unspecified atom stereocenters. The van der Waals surface area contributed by atoms with Crippen molar-refractivity contribution in [1.82, 2.24) is 9.78 Å². The average Bonchev–Trinajstić information content (AvgIpc) is 2.62. The van der Waals surface area contributed by atoms with Gasteiger partial charge in [-0.3, -0.25) is 4.79 Å². The highest BCUT2D eigenvalue weighted by Crippen LogP contribution is 2.09. The Bertz CT molecular complexity index is 355. The normalized spacial score (nSPS) is 10.8. The first kappa shape index (κ1) is 13.9. The van der Waals surface area contributed by atoms with Gasteiger partial charge >= 0.3 is 0 Å². The molecule has 0 amide bonds. The van der Waals surface area contributed by atoms with E-state index in [1.54, 1.807) is 4.68 Å². The third kappa shape index (κ3) is 4.72. The molecule has 96 valence electrons. The number of carbonyl (C=O) groups excluding carboxylic acids is 1. The second kappa shape index (κ2) is 7.25. The van der Waals surface area contributed by atoms with Crippen molar-refractivity contribution in [3.8, 4) is 0 Å². The molecule has 0 bridgehead atoms. The molecule has 0 saturated heterocycles. The Balaban J connectivity index is 2.23. The first-order valence-corrected chi connectivity index (χ1v) is 6.71. The minimum absolute atomic E-state index is 0.131. The summed E-state index contributed by atoms with van der Waals surface area (Å²) in [6, 6.07) is 1.94. The summed E-state index contributed by atoms with van der Waals surface area (Å²) in [5.74, 6) is 0.131. The highest BCUT2D eigenvalue weighted by molar-refractivity contribution is 5.78. The van der Waals surface area contributed by atoms with Crippen molar-refractivity contribution in [2.75, 3.05) is 0 Å². The summed E-state index contributed by atoms with van der Waals surface area (Å²) in [7, 11) is 0. The van der Waals surface area contributed by atoms with Gasteiger partial charge in [0.1, 0.15) is 0 Å². The van der Waals surface area contributed by atoms with E-state index in [0.717, 1.165) is 24.2 Å². The second-order valence-corrected chi connectivity index (χ2v) is 4.75. The highest BCUT2D eigenvalue weighted by atomic mass is 16.2. The monoisotopic (exact) mass is 236 g/mol. The Labute approximate surface area is 104 Å². The number of aromatic nitrogens is 2. The maximum absolute atomic E-state index is 11.9. The zero-order chi connectivity index (χ0) is 12.7. The van der Waals surface area contributed by atoms with E-state index in [9.17, 15) is 4.79 Å². The van der Waals surface area contributed by atoms with E-state index in [1.807, 2.05) is 19.9 Å². The summed E-state index contributed by atoms with van der Waals surface area (Å²) >= 11 is 0. The molecule has 1 aromatic rings. The number of unbranched alkanes of at least 4 members (excludes halogenated alkanes) is 5. The maximum Gasteiger partial charge on any atom is 0.247 e. The molecule has 0 saturated carbocycles. The van der Waals surface area contributed by atoms with Gasteiger partial charge in [-0.15, -0.1) is 0 Å². The van der Waals surface area contributed by atoms with Gasteiger partial charge < -0.3 is 0 Å². The molecule has 17 heavy (non-hydrogen) atoms. The van der Waals surface area contributed by atoms with Crippen LogP contribution >= 0.6 is 0 Å². The van der Waals surface area contributed by atoms with Crippen LogP contribution in [0.3, 0.4) is 0 Å². The van der Waals surface area contributed by atoms with Gasteiger partial charge in [-0.25, -0.2) is 4.68 Å². The fourth-order valence-corrected chi connectivity index (χ4v) is 2.04. The minimum Gasteiger partial charge on any atom is -0.273 e. The Kier molecular flexibility index (Phi) is 5.95. The zero-order valence-corrected chi connectivity index (χ0v) is 11.3. The molecule has 0 fully saturated rings. The summed E-state index contributed by atoms with van der Waals surface area (Å²) < 4.78 is 1.54. The van der Waals surface area contributed by atoms with Gasteiger partial charge in [0.2, 0.25) is 5.91 Å². The Morgan fingerprint density at radius 1 is 1.18 bits per heavy atom. The Morgan fingerprint density at radius 3 is 2.41 bits per heavy atom. The van der Waals surface area contributed by atoms with Crippen LogP contribution in [0, 0.1) is 13.8 Å². The predicted molar refractivity (Wildman–Crippen MR) is 70.3 cm³/mol. The van der Waals surface area contributed by atoms with Crippen LogP contribution in [-0.2, 0) is 0 Å². The van der Waals surface area contributed by atoms with Crippen molar-refractivity contribution >= 4 is 5.91 Å². The molecular weight excluding hydrogens is 212 g/mol. The van der Waals surface area contributed by atoms with Gasteiger partial charge in [-0.05, 0) is 26.3 Å². The zero-order valence-electron chi connectivity index (χ0n) is 11.3. The van der Waals surface area contributed by atoms with E-state index in [1.165, 1.54) is 25.7 Å². The Hall–Kier alpha value is -1.12. The molecule has 0 aromatic carbocycles. The fraction of sp³-hybridized carbons (Fsp3) is 0.714. The van der Waals surface area contributed by atoms with Crippen molar-refractivity contribution in [3.05, 3.63) is 17.5 Å². The Morgan fingerprint density at radius 2 is 1.82 bits per heavy atom. The predicted octanol–water partition coefficient (Wildman–Crippen LogP) is 3.89. The minimum atomic E-state index is 0.131. The molecule has 0 radical (unpaired) electrons. The third-order valence-corrected chi connectivity index (χ3v) is 2.99. The first-order chi connectivity index (χ1) is 8.15. The highest BCUT2D eigenvalue weighted by Gasteiger charge is 2.09. The van der Waals surface area contributed by atoms with Gasteiger partial charge in [0.05, 0.1) is 5.69 Å². The van der Waals surface area contributed by atoms with Crippen LogP contribution in [0.25, 0.3) is 0 Å². The molecule has 0 spiro atoms. The van der Waals surface area contributed by atoms with Gasteiger partial charge in [0.25, 0.3) is 0 Å². The van der Waals surface area contributed by atoms with Gasteiger partial charge in [0, 0.05) is 12.1 Å². The molecule has 3 nitrogen and oxygen atoms in total. The topological polar surface area (TPSA) is 34.9 Å².